The number of benzene rings is 2. The van der Waals surface area contributed by atoms with Gasteiger partial charge in [0, 0.05) is 29.9 Å². The maximum atomic E-state index is 13.2. The summed E-state index contributed by atoms with van der Waals surface area (Å²) in [4.78, 5) is 26.8. The molecule has 1 saturated heterocycles. The second kappa shape index (κ2) is 9.39. The summed E-state index contributed by atoms with van der Waals surface area (Å²) in [5, 5.41) is 0.667. The van der Waals surface area contributed by atoms with Gasteiger partial charge in [-0.2, -0.15) is 0 Å². The van der Waals surface area contributed by atoms with E-state index in [1.807, 2.05) is 25.1 Å². The van der Waals surface area contributed by atoms with E-state index in [9.17, 15) is 9.59 Å². The molecule has 2 amide bonds. The van der Waals surface area contributed by atoms with E-state index in [0.717, 1.165) is 18.4 Å². The topological polar surface area (TPSA) is 81.9 Å². The highest BCUT2D eigenvalue weighted by Crippen LogP contribution is 2.36. The van der Waals surface area contributed by atoms with Crippen LogP contribution >= 0.6 is 11.6 Å². The summed E-state index contributed by atoms with van der Waals surface area (Å²) in [5.74, 6) is 0.677. The molecule has 2 aromatic rings. The lowest BCUT2D eigenvalue weighted by Gasteiger charge is -2.42. The van der Waals surface area contributed by atoms with E-state index >= 15 is 0 Å². The van der Waals surface area contributed by atoms with Crippen molar-refractivity contribution in [1.29, 1.82) is 0 Å². The summed E-state index contributed by atoms with van der Waals surface area (Å²) < 4.78 is 11.4. The molecule has 0 saturated carbocycles. The van der Waals surface area contributed by atoms with E-state index in [4.69, 9.17) is 26.8 Å². The Bertz CT molecular complexity index is 933. The van der Waals surface area contributed by atoms with E-state index < -0.39 is 11.3 Å². The summed E-state index contributed by atoms with van der Waals surface area (Å²) >= 11 is 6.09. The lowest BCUT2D eigenvalue weighted by atomic mass is 9.77. The zero-order chi connectivity index (χ0) is 21.7. The maximum Gasteiger partial charge on any atom is 0.257 e. The second-order valence-corrected chi connectivity index (χ2v) is 8.28. The van der Waals surface area contributed by atoms with Crippen molar-refractivity contribution in [2.24, 2.45) is 11.1 Å². The number of aryl methyl sites for hydroxylation is 1. The Kier molecular flexibility index (Phi) is 6.87. The number of ether oxygens (including phenoxy) is 2. The number of nitrogens with two attached hydrogens (primary N) is 1. The van der Waals surface area contributed by atoms with Crippen molar-refractivity contribution in [2.75, 3.05) is 26.8 Å². The third-order valence-corrected chi connectivity index (χ3v) is 5.93. The number of hydrogen-bond donors (Lipinski definition) is 1. The van der Waals surface area contributed by atoms with Gasteiger partial charge in [-0.1, -0.05) is 23.7 Å². The molecule has 1 aliphatic heterocycles. The number of halogens is 1. The standard InChI is InChI=1S/C23H27ClN2O4/c1-16-12-17(8-9-19(16)24)30-15-23(13-21(25)27)10-5-11-26(14-23)22(28)18-6-3-4-7-20(18)29-2/h3-4,6-9,12H,5,10-11,13-15H2,1-2H3,(H2,25,27)/t23-/m1/s1. The van der Waals surface area contributed by atoms with Gasteiger partial charge in [0.05, 0.1) is 19.3 Å². The quantitative estimate of drug-likeness (QED) is 0.723. The molecular formula is C23H27ClN2O4. The third-order valence-electron chi connectivity index (χ3n) is 5.51. The molecule has 0 bridgehead atoms. The van der Waals surface area contributed by atoms with E-state index in [1.165, 1.54) is 0 Å². The Morgan fingerprint density at radius 3 is 2.70 bits per heavy atom. The highest BCUT2D eigenvalue weighted by Gasteiger charge is 2.40. The van der Waals surface area contributed by atoms with Crippen molar-refractivity contribution < 1.29 is 19.1 Å². The highest BCUT2D eigenvalue weighted by molar-refractivity contribution is 6.31. The first-order valence-electron chi connectivity index (χ1n) is 9.93. The van der Waals surface area contributed by atoms with Crippen LogP contribution in [0.5, 0.6) is 11.5 Å². The number of piperidine rings is 1. The molecule has 0 aromatic heterocycles. The fraction of sp³-hybridized carbons (Fsp3) is 0.391. The minimum atomic E-state index is -0.546. The maximum absolute atomic E-state index is 13.2. The number of carbonyl (C=O) groups excluding carboxylic acids is 2. The summed E-state index contributed by atoms with van der Waals surface area (Å²) in [6.45, 7) is 3.19. The fourth-order valence-corrected chi connectivity index (χ4v) is 4.12. The van der Waals surface area contributed by atoms with Gasteiger partial charge in [0.25, 0.3) is 5.91 Å². The predicted molar refractivity (Wildman–Crippen MR) is 116 cm³/mol. The zero-order valence-corrected chi connectivity index (χ0v) is 18.1. The van der Waals surface area contributed by atoms with Crippen LogP contribution in [0.25, 0.3) is 0 Å². The smallest absolute Gasteiger partial charge is 0.257 e. The van der Waals surface area contributed by atoms with Crippen LogP contribution in [0, 0.1) is 12.3 Å². The van der Waals surface area contributed by atoms with Crippen LogP contribution in [-0.4, -0.2) is 43.5 Å². The van der Waals surface area contributed by atoms with E-state index in [1.54, 1.807) is 36.3 Å². The second-order valence-electron chi connectivity index (χ2n) is 7.87. The number of hydrogen-bond acceptors (Lipinski definition) is 4. The number of para-hydroxylation sites is 1. The van der Waals surface area contributed by atoms with Crippen LogP contribution < -0.4 is 15.2 Å². The van der Waals surface area contributed by atoms with E-state index in [-0.39, 0.29) is 18.9 Å². The van der Waals surface area contributed by atoms with Crippen molar-refractivity contribution >= 4 is 23.4 Å². The van der Waals surface area contributed by atoms with Gasteiger partial charge >= 0.3 is 0 Å². The summed E-state index contributed by atoms with van der Waals surface area (Å²) in [5.41, 5.74) is 6.43. The molecule has 0 aliphatic carbocycles. The molecule has 1 heterocycles. The van der Waals surface area contributed by atoms with Gasteiger partial charge in [-0.05, 0) is 55.7 Å². The minimum absolute atomic E-state index is 0.122. The van der Waals surface area contributed by atoms with Gasteiger partial charge in [-0.15, -0.1) is 0 Å². The number of rotatable bonds is 7. The highest BCUT2D eigenvalue weighted by atomic mass is 35.5. The number of amides is 2. The van der Waals surface area contributed by atoms with E-state index in [2.05, 4.69) is 0 Å². The molecule has 1 atom stereocenters. The zero-order valence-electron chi connectivity index (χ0n) is 17.3. The third kappa shape index (κ3) is 5.05. The first-order valence-corrected chi connectivity index (χ1v) is 10.3. The molecule has 2 N–H and O–H groups in total. The van der Waals surface area contributed by atoms with Crippen LogP contribution in [0.15, 0.2) is 42.5 Å². The summed E-state index contributed by atoms with van der Waals surface area (Å²) in [6.07, 6.45) is 1.66. The van der Waals surface area contributed by atoms with Crippen molar-refractivity contribution in [2.45, 2.75) is 26.2 Å². The molecule has 6 nitrogen and oxygen atoms in total. The lowest BCUT2D eigenvalue weighted by Crippen LogP contribution is -2.50. The van der Waals surface area contributed by atoms with Crippen LogP contribution in [0.3, 0.4) is 0 Å². The average Bonchev–Trinajstić information content (AvgIpc) is 2.73. The first kappa shape index (κ1) is 22.0. The van der Waals surface area contributed by atoms with E-state index in [0.29, 0.717) is 35.2 Å². The number of primary amides is 1. The van der Waals surface area contributed by atoms with Crippen LogP contribution in [-0.2, 0) is 4.79 Å². The molecule has 2 aromatic carbocycles. The number of likely N-dealkylation sites (tertiary alicyclic amines) is 1. The molecule has 7 heteroatoms. The predicted octanol–water partition coefficient (Wildman–Crippen LogP) is 3.83. The van der Waals surface area contributed by atoms with Crippen LogP contribution in [0.1, 0.15) is 35.2 Å². The first-order chi connectivity index (χ1) is 14.3. The van der Waals surface area contributed by atoms with Crippen LogP contribution in [0.2, 0.25) is 5.02 Å². The van der Waals surface area contributed by atoms with Gasteiger partial charge in [-0.3, -0.25) is 9.59 Å². The molecule has 1 aliphatic rings. The number of carbonyl (C=O) groups is 2. The fourth-order valence-electron chi connectivity index (χ4n) is 4.00. The molecule has 1 fully saturated rings. The summed E-state index contributed by atoms with van der Waals surface area (Å²) in [6, 6.07) is 12.6. The Hall–Kier alpha value is -2.73. The van der Waals surface area contributed by atoms with Crippen molar-refractivity contribution in [1.82, 2.24) is 4.90 Å². The van der Waals surface area contributed by atoms with Gasteiger partial charge in [-0.25, -0.2) is 0 Å². The Morgan fingerprint density at radius 1 is 1.23 bits per heavy atom. The number of methoxy groups -OCH3 is 1. The molecule has 0 spiro atoms. The largest absolute Gasteiger partial charge is 0.496 e. The minimum Gasteiger partial charge on any atom is -0.496 e. The van der Waals surface area contributed by atoms with Gasteiger partial charge in [0.2, 0.25) is 5.91 Å². The molecular weight excluding hydrogens is 404 g/mol. The Balaban J connectivity index is 1.80. The van der Waals surface area contributed by atoms with Crippen molar-refractivity contribution in [3.8, 4) is 11.5 Å². The lowest BCUT2D eigenvalue weighted by molar-refractivity contribution is -0.122. The average molecular weight is 431 g/mol. The van der Waals surface area contributed by atoms with Crippen molar-refractivity contribution in [3.63, 3.8) is 0 Å². The SMILES string of the molecule is COc1ccccc1C(=O)N1CCC[C@@](COc2ccc(Cl)c(C)c2)(CC(N)=O)C1. The molecule has 3 rings (SSSR count). The number of nitrogens with zero attached hydrogens (tertiary/aromatic N) is 1. The van der Waals surface area contributed by atoms with Gasteiger partial charge in [0.15, 0.2) is 0 Å². The Morgan fingerprint density at radius 2 is 2.00 bits per heavy atom. The summed E-state index contributed by atoms with van der Waals surface area (Å²) in [7, 11) is 1.54. The van der Waals surface area contributed by atoms with Gasteiger partial charge < -0.3 is 20.1 Å². The normalized spacial score (nSPS) is 18.7. The van der Waals surface area contributed by atoms with Crippen molar-refractivity contribution in [3.05, 3.63) is 58.6 Å². The molecule has 0 radical (unpaired) electrons. The Labute approximate surface area is 181 Å². The van der Waals surface area contributed by atoms with Gasteiger partial charge in [0.1, 0.15) is 11.5 Å². The molecule has 30 heavy (non-hydrogen) atoms. The van der Waals surface area contributed by atoms with Crippen LogP contribution in [0.4, 0.5) is 0 Å². The molecule has 0 unspecified atom stereocenters. The molecule has 160 valence electrons. The monoisotopic (exact) mass is 430 g/mol.